The number of nitrogens with zero attached hydrogens (tertiary/aromatic N) is 2. The molecule has 1 aromatic heterocycles. The molecule has 1 spiro atoms. The van der Waals surface area contributed by atoms with Crippen molar-refractivity contribution in [3.63, 3.8) is 0 Å². The lowest BCUT2D eigenvalue weighted by atomic mass is 9.79. The Bertz CT molecular complexity index is 494. The van der Waals surface area contributed by atoms with Crippen LogP contribution in [0.15, 0.2) is 18.5 Å². The highest BCUT2D eigenvalue weighted by molar-refractivity contribution is 5.95. The van der Waals surface area contributed by atoms with E-state index in [1.807, 2.05) is 12.3 Å². The van der Waals surface area contributed by atoms with Crippen LogP contribution in [0.1, 0.15) is 42.1 Å². The van der Waals surface area contributed by atoms with Gasteiger partial charge in [0.2, 0.25) is 0 Å². The molecule has 2 fully saturated rings. The standard InChI is InChI=1S/C16H23N3O/c1-2-13-10-17-7-4-14(13)15(20)19-9-3-5-16(12-19)6-8-18-11-16/h4,7,10,18H,2-3,5-6,8-9,11-12H2,1H3. The molecule has 2 aliphatic heterocycles. The van der Waals surface area contributed by atoms with Crippen LogP contribution in [0.3, 0.4) is 0 Å². The summed E-state index contributed by atoms with van der Waals surface area (Å²) >= 11 is 0. The van der Waals surface area contributed by atoms with Gasteiger partial charge in [-0.15, -0.1) is 0 Å². The van der Waals surface area contributed by atoms with Gasteiger partial charge in [-0.1, -0.05) is 6.92 Å². The molecule has 0 aliphatic carbocycles. The van der Waals surface area contributed by atoms with Gasteiger partial charge in [0.1, 0.15) is 0 Å². The summed E-state index contributed by atoms with van der Waals surface area (Å²) < 4.78 is 0. The molecule has 3 heterocycles. The Morgan fingerprint density at radius 1 is 1.50 bits per heavy atom. The number of nitrogens with one attached hydrogen (secondary N) is 1. The first-order chi connectivity index (χ1) is 9.74. The molecule has 4 nitrogen and oxygen atoms in total. The van der Waals surface area contributed by atoms with Crippen molar-refractivity contribution < 1.29 is 4.79 Å². The van der Waals surface area contributed by atoms with Gasteiger partial charge in [0.15, 0.2) is 0 Å². The summed E-state index contributed by atoms with van der Waals surface area (Å²) in [7, 11) is 0. The van der Waals surface area contributed by atoms with Crippen molar-refractivity contribution >= 4 is 5.91 Å². The van der Waals surface area contributed by atoms with Crippen molar-refractivity contribution in [1.82, 2.24) is 15.2 Å². The summed E-state index contributed by atoms with van der Waals surface area (Å²) in [6.45, 7) is 6.04. The predicted molar refractivity (Wildman–Crippen MR) is 78.7 cm³/mol. The third-order valence-corrected chi connectivity index (χ3v) is 4.80. The van der Waals surface area contributed by atoms with Crippen LogP contribution in [0, 0.1) is 5.41 Å². The number of piperidine rings is 1. The molecule has 1 atom stereocenters. The van der Waals surface area contributed by atoms with E-state index in [4.69, 9.17) is 0 Å². The van der Waals surface area contributed by atoms with Crippen molar-refractivity contribution in [3.05, 3.63) is 29.6 Å². The zero-order valence-electron chi connectivity index (χ0n) is 12.2. The Morgan fingerprint density at radius 3 is 3.15 bits per heavy atom. The maximum absolute atomic E-state index is 12.8. The van der Waals surface area contributed by atoms with E-state index in [0.717, 1.165) is 50.1 Å². The van der Waals surface area contributed by atoms with E-state index >= 15 is 0 Å². The number of likely N-dealkylation sites (tertiary alicyclic amines) is 1. The van der Waals surface area contributed by atoms with Crippen molar-refractivity contribution in [3.8, 4) is 0 Å². The summed E-state index contributed by atoms with van der Waals surface area (Å²) in [5, 5.41) is 3.46. The average molecular weight is 273 g/mol. The van der Waals surface area contributed by atoms with Gasteiger partial charge in [0.25, 0.3) is 5.91 Å². The second kappa shape index (κ2) is 5.52. The lowest BCUT2D eigenvalue weighted by Gasteiger charge is -2.40. The normalized spacial score (nSPS) is 26.1. The topological polar surface area (TPSA) is 45.2 Å². The molecule has 108 valence electrons. The van der Waals surface area contributed by atoms with E-state index in [-0.39, 0.29) is 5.91 Å². The minimum Gasteiger partial charge on any atom is -0.338 e. The van der Waals surface area contributed by atoms with Gasteiger partial charge in [0.05, 0.1) is 0 Å². The molecule has 2 aliphatic rings. The van der Waals surface area contributed by atoms with E-state index in [9.17, 15) is 4.79 Å². The third kappa shape index (κ3) is 2.44. The fourth-order valence-electron chi connectivity index (χ4n) is 3.61. The van der Waals surface area contributed by atoms with Gasteiger partial charge in [0, 0.05) is 43.0 Å². The first-order valence-corrected chi connectivity index (χ1v) is 7.67. The number of carbonyl (C=O) groups excluding carboxylic acids is 1. The van der Waals surface area contributed by atoms with Crippen LogP contribution in [0.25, 0.3) is 0 Å². The Labute approximate surface area is 120 Å². The first-order valence-electron chi connectivity index (χ1n) is 7.67. The highest BCUT2D eigenvalue weighted by Crippen LogP contribution is 2.36. The number of aromatic nitrogens is 1. The smallest absolute Gasteiger partial charge is 0.254 e. The maximum atomic E-state index is 12.8. The molecular formula is C16H23N3O. The largest absolute Gasteiger partial charge is 0.338 e. The Balaban J connectivity index is 1.79. The zero-order chi connectivity index (χ0) is 14.0. The number of hydrogen-bond acceptors (Lipinski definition) is 3. The SMILES string of the molecule is CCc1cnccc1C(=O)N1CCCC2(CCNC2)C1. The fourth-order valence-corrected chi connectivity index (χ4v) is 3.61. The highest BCUT2D eigenvalue weighted by Gasteiger charge is 2.39. The maximum Gasteiger partial charge on any atom is 0.254 e. The van der Waals surface area contributed by atoms with Crippen molar-refractivity contribution in [2.75, 3.05) is 26.2 Å². The Morgan fingerprint density at radius 2 is 2.40 bits per heavy atom. The van der Waals surface area contributed by atoms with Crippen LogP contribution >= 0.6 is 0 Å². The van der Waals surface area contributed by atoms with Crippen molar-refractivity contribution in [1.29, 1.82) is 0 Å². The van der Waals surface area contributed by atoms with Crippen LogP contribution in [-0.4, -0.2) is 42.0 Å². The molecular weight excluding hydrogens is 250 g/mol. The van der Waals surface area contributed by atoms with E-state index in [2.05, 4.69) is 22.1 Å². The number of carbonyl (C=O) groups is 1. The minimum atomic E-state index is 0.190. The van der Waals surface area contributed by atoms with Crippen LogP contribution in [0.4, 0.5) is 0 Å². The molecule has 0 radical (unpaired) electrons. The van der Waals surface area contributed by atoms with Gasteiger partial charge in [-0.25, -0.2) is 0 Å². The number of hydrogen-bond donors (Lipinski definition) is 1. The molecule has 0 bridgehead atoms. The summed E-state index contributed by atoms with van der Waals surface area (Å²) in [6, 6.07) is 1.87. The molecule has 1 aromatic rings. The molecule has 1 unspecified atom stereocenters. The molecule has 1 N–H and O–H groups in total. The molecule has 2 saturated heterocycles. The number of amides is 1. The fraction of sp³-hybridized carbons (Fsp3) is 0.625. The zero-order valence-corrected chi connectivity index (χ0v) is 12.2. The molecule has 1 amide bonds. The van der Waals surface area contributed by atoms with Gasteiger partial charge in [-0.05, 0) is 43.9 Å². The summed E-state index contributed by atoms with van der Waals surface area (Å²) in [4.78, 5) is 19.0. The molecule has 3 rings (SSSR count). The molecule has 0 aromatic carbocycles. The van der Waals surface area contributed by atoms with E-state index in [1.165, 1.54) is 12.8 Å². The van der Waals surface area contributed by atoms with E-state index < -0.39 is 0 Å². The molecule has 4 heteroatoms. The third-order valence-electron chi connectivity index (χ3n) is 4.80. The van der Waals surface area contributed by atoms with E-state index in [0.29, 0.717) is 5.41 Å². The average Bonchev–Trinajstić information content (AvgIpc) is 2.94. The second-order valence-corrected chi connectivity index (χ2v) is 6.14. The summed E-state index contributed by atoms with van der Waals surface area (Å²) in [5.41, 5.74) is 2.22. The monoisotopic (exact) mass is 273 g/mol. The first kappa shape index (κ1) is 13.6. The van der Waals surface area contributed by atoms with Crippen LogP contribution in [0.2, 0.25) is 0 Å². The Kier molecular flexibility index (Phi) is 3.74. The lowest BCUT2D eigenvalue weighted by Crippen LogP contribution is -2.47. The van der Waals surface area contributed by atoms with Gasteiger partial charge in [-0.2, -0.15) is 0 Å². The Hall–Kier alpha value is -1.42. The van der Waals surface area contributed by atoms with Crippen molar-refractivity contribution in [2.45, 2.75) is 32.6 Å². The van der Waals surface area contributed by atoms with Crippen LogP contribution in [0.5, 0.6) is 0 Å². The van der Waals surface area contributed by atoms with Crippen molar-refractivity contribution in [2.24, 2.45) is 5.41 Å². The van der Waals surface area contributed by atoms with Gasteiger partial charge >= 0.3 is 0 Å². The number of pyridine rings is 1. The number of rotatable bonds is 2. The lowest BCUT2D eigenvalue weighted by molar-refractivity contribution is 0.0552. The minimum absolute atomic E-state index is 0.190. The summed E-state index contributed by atoms with van der Waals surface area (Å²) in [6.07, 6.45) is 7.98. The quantitative estimate of drug-likeness (QED) is 0.894. The molecule has 0 saturated carbocycles. The molecule has 20 heavy (non-hydrogen) atoms. The number of aryl methyl sites for hydroxylation is 1. The highest BCUT2D eigenvalue weighted by atomic mass is 16.2. The van der Waals surface area contributed by atoms with Crippen LogP contribution < -0.4 is 5.32 Å². The van der Waals surface area contributed by atoms with Gasteiger partial charge in [-0.3, -0.25) is 9.78 Å². The van der Waals surface area contributed by atoms with Crippen LogP contribution in [-0.2, 0) is 6.42 Å². The predicted octanol–water partition coefficient (Wildman–Crippen LogP) is 1.86. The van der Waals surface area contributed by atoms with Gasteiger partial charge < -0.3 is 10.2 Å². The van der Waals surface area contributed by atoms with E-state index in [1.54, 1.807) is 6.20 Å². The summed E-state index contributed by atoms with van der Waals surface area (Å²) in [5.74, 6) is 0.190. The second-order valence-electron chi connectivity index (χ2n) is 6.14.